The van der Waals surface area contributed by atoms with Crippen molar-refractivity contribution in [3.05, 3.63) is 29.8 Å². The average molecular weight is 368 g/mol. The predicted molar refractivity (Wildman–Crippen MR) is 87.5 cm³/mol. The summed E-state index contributed by atoms with van der Waals surface area (Å²) in [4.78, 5) is 23.6. The van der Waals surface area contributed by atoms with Crippen LogP contribution in [0.1, 0.15) is 18.4 Å². The number of ketones is 1. The van der Waals surface area contributed by atoms with Crippen molar-refractivity contribution in [1.82, 2.24) is 0 Å². The number of carbonyl (C=O) groups is 2. The lowest BCUT2D eigenvalue weighted by Gasteiger charge is -2.44. The quantitative estimate of drug-likeness (QED) is 0.359. The fourth-order valence-electron chi connectivity index (χ4n) is 2.91. The Labute approximate surface area is 148 Å². The summed E-state index contributed by atoms with van der Waals surface area (Å²) in [6.45, 7) is 0. The standard InChI is InChI=1S/C17H20O9/c1-26-12-6-9(2-4-10(12)18)3-5-13(20)17(25)8-16(24,15(22)23)7-11(19)14(17)21/h2-6,11,14,18-19,21,24-25H,7-8H2,1H3,(H,22,23)/b5-3+/t11-,14+,16?,17+/m1/s1. The van der Waals surface area contributed by atoms with Crippen LogP contribution in [-0.2, 0) is 9.59 Å². The van der Waals surface area contributed by atoms with Gasteiger partial charge in [-0.3, -0.25) is 4.79 Å². The summed E-state index contributed by atoms with van der Waals surface area (Å²) in [5, 5.41) is 58.9. The third-order valence-electron chi connectivity index (χ3n) is 4.42. The molecular weight excluding hydrogens is 348 g/mol. The Hall–Kier alpha value is -2.46. The van der Waals surface area contributed by atoms with Crippen LogP contribution in [0.4, 0.5) is 0 Å². The second-order valence-electron chi connectivity index (χ2n) is 6.28. The molecule has 1 aromatic carbocycles. The highest BCUT2D eigenvalue weighted by Crippen LogP contribution is 2.37. The minimum Gasteiger partial charge on any atom is -0.504 e. The van der Waals surface area contributed by atoms with Gasteiger partial charge in [0.1, 0.15) is 6.10 Å². The molecule has 0 amide bonds. The molecule has 0 aromatic heterocycles. The first-order valence-corrected chi connectivity index (χ1v) is 7.67. The number of ether oxygens (including phenoxy) is 1. The highest BCUT2D eigenvalue weighted by Gasteiger charge is 2.58. The highest BCUT2D eigenvalue weighted by molar-refractivity contribution is 6.01. The maximum Gasteiger partial charge on any atom is 0.335 e. The Bertz CT molecular complexity index is 744. The van der Waals surface area contributed by atoms with E-state index in [-0.39, 0.29) is 11.5 Å². The number of aliphatic hydroxyl groups excluding tert-OH is 2. The summed E-state index contributed by atoms with van der Waals surface area (Å²) < 4.78 is 4.92. The molecule has 2 rings (SSSR count). The molecule has 0 saturated heterocycles. The van der Waals surface area contributed by atoms with Crippen LogP contribution in [0.2, 0.25) is 0 Å². The molecule has 1 fully saturated rings. The van der Waals surface area contributed by atoms with E-state index in [2.05, 4.69) is 0 Å². The number of carboxylic acid groups (broad SMARTS) is 1. The monoisotopic (exact) mass is 368 g/mol. The molecule has 0 bridgehead atoms. The van der Waals surface area contributed by atoms with E-state index in [4.69, 9.17) is 9.84 Å². The van der Waals surface area contributed by atoms with E-state index in [0.29, 0.717) is 5.56 Å². The number of phenols is 1. The second-order valence-corrected chi connectivity index (χ2v) is 6.28. The smallest absolute Gasteiger partial charge is 0.335 e. The number of aliphatic hydroxyl groups is 4. The number of hydrogen-bond acceptors (Lipinski definition) is 8. The van der Waals surface area contributed by atoms with Crippen LogP contribution in [0.3, 0.4) is 0 Å². The summed E-state index contributed by atoms with van der Waals surface area (Å²) in [6, 6.07) is 4.17. The van der Waals surface area contributed by atoms with Gasteiger partial charge < -0.3 is 35.4 Å². The zero-order chi connectivity index (χ0) is 19.7. The zero-order valence-electron chi connectivity index (χ0n) is 13.9. The minimum absolute atomic E-state index is 0.119. The molecule has 9 heteroatoms. The molecule has 1 aliphatic rings. The van der Waals surface area contributed by atoms with Crippen molar-refractivity contribution in [2.45, 2.75) is 36.3 Å². The molecule has 0 radical (unpaired) electrons. The van der Waals surface area contributed by atoms with Gasteiger partial charge in [0.25, 0.3) is 0 Å². The first kappa shape index (κ1) is 19.9. The first-order valence-electron chi connectivity index (χ1n) is 7.67. The van der Waals surface area contributed by atoms with Crippen LogP contribution in [0.15, 0.2) is 24.3 Å². The van der Waals surface area contributed by atoms with E-state index in [1.807, 2.05) is 0 Å². The Balaban J connectivity index is 2.29. The third-order valence-corrected chi connectivity index (χ3v) is 4.42. The molecule has 0 heterocycles. The topological polar surface area (TPSA) is 165 Å². The Morgan fingerprint density at radius 1 is 1.27 bits per heavy atom. The van der Waals surface area contributed by atoms with E-state index in [9.17, 15) is 35.1 Å². The summed E-state index contributed by atoms with van der Waals surface area (Å²) in [6.07, 6.45) is -3.34. The van der Waals surface area contributed by atoms with Gasteiger partial charge in [0.05, 0.1) is 13.2 Å². The van der Waals surface area contributed by atoms with E-state index < -0.39 is 48.0 Å². The number of aromatic hydroxyl groups is 1. The van der Waals surface area contributed by atoms with Crippen LogP contribution in [0, 0.1) is 0 Å². The van der Waals surface area contributed by atoms with E-state index in [0.717, 1.165) is 6.08 Å². The molecule has 9 nitrogen and oxygen atoms in total. The summed E-state index contributed by atoms with van der Waals surface area (Å²) in [7, 11) is 1.34. The molecule has 0 spiro atoms. The Morgan fingerprint density at radius 3 is 2.50 bits per heavy atom. The van der Waals surface area contributed by atoms with Crippen molar-refractivity contribution in [1.29, 1.82) is 0 Å². The fraction of sp³-hybridized carbons (Fsp3) is 0.412. The number of benzene rings is 1. The van der Waals surface area contributed by atoms with Gasteiger partial charge in [0, 0.05) is 12.8 Å². The van der Waals surface area contributed by atoms with Gasteiger partial charge in [-0.2, -0.15) is 0 Å². The fourth-order valence-corrected chi connectivity index (χ4v) is 2.91. The summed E-state index contributed by atoms with van der Waals surface area (Å²) in [5.74, 6) is -2.78. The van der Waals surface area contributed by atoms with E-state index in [1.165, 1.54) is 31.4 Å². The number of carbonyl (C=O) groups excluding carboxylic acids is 1. The molecule has 1 aromatic rings. The van der Waals surface area contributed by atoms with Gasteiger partial charge in [-0.1, -0.05) is 12.1 Å². The predicted octanol–water partition coefficient (Wildman–Crippen LogP) is -0.955. The van der Waals surface area contributed by atoms with Gasteiger partial charge in [-0.05, 0) is 23.8 Å². The molecule has 1 saturated carbocycles. The molecule has 142 valence electrons. The lowest BCUT2D eigenvalue weighted by atomic mass is 9.70. The number of methoxy groups -OCH3 is 1. The molecule has 6 N–H and O–H groups in total. The highest BCUT2D eigenvalue weighted by atomic mass is 16.5. The van der Waals surface area contributed by atoms with Gasteiger partial charge in [0.2, 0.25) is 0 Å². The number of phenolic OH excluding ortho intramolecular Hbond substituents is 1. The molecule has 1 unspecified atom stereocenters. The maximum absolute atomic E-state index is 12.4. The lowest BCUT2D eigenvalue weighted by molar-refractivity contribution is -0.212. The molecular formula is C17H20O9. The SMILES string of the molecule is COc1cc(/C=C/C(=O)[C@@]2(O)CC(O)(C(=O)O)C[C@@H](O)[C@@H]2O)ccc1O. The summed E-state index contributed by atoms with van der Waals surface area (Å²) in [5.41, 5.74) is -4.82. The average Bonchev–Trinajstić information content (AvgIpc) is 2.58. The van der Waals surface area contributed by atoms with Crippen LogP contribution < -0.4 is 4.74 Å². The molecule has 4 atom stereocenters. The van der Waals surface area contributed by atoms with Crippen molar-refractivity contribution >= 4 is 17.8 Å². The van der Waals surface area contributed by atoms with E-state index >= 15 is 0 Å². The normalized spacial score (nSPS) is 31.7. The molecule has 26 heavy (non-hydrogen) atoms. The zero-order valence-corrected chi connectivity index (χ0v) is 13.9. The van der Waals surface area contributed by atoms with Crippen molar-refractivity contribution in [2.75, 3.05) is 7.11 Å². The Morgan fingerprint density at radius 2 is 1.92 bits per heavy atom. The van der Waals surface area contributed by atoms with Crippen LogP contribution in [0.25, 0.3) is 6.08 Å². The number of aliphatic carboxylic acids is 1. The van der Waals surface area contributed by atoms with Crippen molar-refractivity contribution < 1.29 is 45.0 Å². The Kier molecular flexibility index (Phi) is 5.38. The number of hydrogen-bond donors (Lipinski definition) is 6. The van der Waals surface area contributed by atoms with Gasteiger partial charge in [-0.25, -0.2) is 4.79 Å². The molecule has 1 aliphatic carbocycles. The second kappa shape index (κ2) is 7.04. The minimum atomic E-state index is -2.68. The third kappa shape index (κ3) is 3.56. The van der Waals surface area contributed by atoms with Gasteiger partial charge >= 0.3 is 5.97 Å². The van der Waals surface area contributed by atoms with Crippen molar-refractivity contribution in [3.63, 3.8) is 0 Å². The van der Waals surface area contributed by atoms with Gasteiger partial charge in [0.15, 0.2) is 28.5 Å². The largest absolute Gasteiger partial charge is 0.504 e. The van der Waals surface area contributed by atoms with Crippen LogP contribution in [-0.4, -0.2) is 72.9 Å². The maximum atomic E-state index is 12.4. The number of rotatable bonds is 5. The van der Waals surface area contributed by atoms with Crippen LogP contribution in [0.5, 0.6) is 11.5 Å². The molecule has 0 aliphatic heterocycles. The first-order chi connectivity index (χ1) is 12.0. The van der Waals surface area contributed by atoms with E-state index in [1.54, 1.807) is 0 Å². The lowest BCUT2D eigenvalue weighted by Crippen LogP contribution is -2.65. The van der Waals surface area contributed by atoms with Crippen molar-refractivity contribution in [3.8, 4) is 11.5 Å². The number of carboxylic acids is 1. The van der Waals surface area contributed by atoms with Crippen LogP contribution >= 0.6 is 0 Å². The van der Waals surface area contributed by atoms with Gasteiger partial charge in [-0.15, -0.1) is 0 Å². The summed E-state index contributed by atoms with van der Waals surface area (Å²) >= 11 is 0. The van der Waals surface area contributed by atoms with Crippen molar-refractivity contribution in [2.24, 2.45) is 0 Å².